The number of methoxy groups -OCH3 is 1. The molecule has 0 unspecified atom stereocenters. The highest BCUT2D eigenvalue weighted by atomic mass is 35.7. The summed E-state index contributed by atoms with van der Waals surface area (Å²) in [5.74, 6) is 0.603. The maximum absolute atomic E-state index is 11.4. The smallest absolute Gasteiger partial charge is 0.268 e. The molecule has 0 saturated carbocycles. The van der Waals surface area contributed by atoms with E-state index in [1.165, 1.54) is 13.2 Å². The lowest BCUT2D eigenvalue weighted by Gasteiger charge is -2.21. The second-order valence-electron chi connectivity index (χ2n) is 3.06. The molecule has 0 fully saturated rings. The SMILES string of the molecule is COc1ccc2c(c1S(=O)(=O)Cl)OCCO2. The summed E-state index contributed by atoms with van der Waals surface area (Å²) in [5, 5.41) is 0. The van der Waals surface area contributed by atoms with Gasteiger partial charge < -0.3 is 14.2 Å². The number of fused-ring (bicyclic) bond motifs is 1. The van der Waals surface area contributed by atoms with Crippen molar-refractivity contribution in [1.82, 2.24) is 0 Å². The summed E-state index contributed by atoms with van der Waals surface area (Å²) in [4.78, 5) is -0.186. The third kappa shape index (κ3) is 1.90. The van der Waals surface area contributed by atoms with Gasteiger partial charge in [-0.15, -0.1) is 0 Å². The van der Waals surface area contributed by atoms with Crippen molar-refractivity contribution >= 4 is 19.7 Å². The summed E-state index contributed by atoms with van der Waals surface area (Å²) in [6.45, 7) is 0.653. The minimum absolute atomic E-state index is 0.112. The van der Waals surface area contributed by atoms with Gasteiger partial charge in [-0.25, -0.2) is 8.42 Å². The van der Waals surface area contributed by atoms with Crippen LogP contribution in [0.15, 0.2) is 17.0 Å². The van der Waals surface area contributed by atoms with E-state index in [9.17, 15) is 8.42 Å². The standard InChI is InChI=1S/C9H9ClO5S/c1-13-7-3-2-6-8(15-5-4-14-6)9(7)16(10,11)12/h2-3H,4-5H2,1H3. The lowest BCUT2D eigenvalue weighted by atomic mass is 10.3. The molecule has 0 atom stereocenters. The van der Waals surface area contributed by atoms with Gasteiger partial charge in [0.25, 0.3) is 9.05 Å². The molecule has 1 aromatic rings. The topological polar surface area (TPSA) is 61.8 Å². The molecule has 0 spiro atoms. The van der Waals surface area contributed by atoms with Crippen molar-refractivity contribution in [2.75, 3.05) is 20.3 Å². The van der Waals surface area contributed by atoms with Crippen molar-refractivity contribution in [3.63, 3.8) is 0 Å². The molecule has 0 radical (unpaired) electrons. The molecule has 7 heteroatoms. The molecular formula is C9H9ClO5S. The Bertz CT molecular complexity index is 511. The zero-order valence-corrected chi connectivity index (χ0v) is 9.97. The van der Waals surface area contributed by atoms with Gasteiger partial charge in [-0.3, -0.25) is 0 Å². The number of ether oxygens (including phenoxy) is 3. The van der Waals surface area contributed by atoms with Crippen LogP contribution in [0, 0.1) is 0 Å². The Morgan fingerprint density at radius 3 is 2.62 bits per heavy atom. The Balaban J connectivity index is 2.71. The van der Waals surface area contributed by atoms with Gasteiger partial charge in [-0.2, -0.15) is 0 Å². The van der Waals surface area contributed by atoms with Gasteiger partial charge in [-0.05, 0) is 12.1 Å². The van der Waals surface area contributed by atoms with Crippen LogP contribution in [-0.2, 0) is 9.05 Å². The molecule has 1 heterocycles. The largest absolute Gasteiger partial charge is 0.495 e. The van der Waals surface area contributed by atoms with Crippen LogP contribution in [0.25, 0.3) is 0 Å². The first-order valence-corrected chi connectivity index (χ1v) is 6.76. The highest BCUT2D eigenvalue weighted by Gasteiger charge is 2.28. The van der Waals surface area contributed by atoms with Crippen LogP contribution in [-0.4, -0.2) is 28.7 Å². The first-order chi connectivity index (χ1) is 7.54. The van der Waals surface area contributed by atoms with E-state index >= 15 is 0 Å². The fourth-order valence-corrected chi connectivity index (χ4v) is 2.67. The average Bonchev–Trinajstić information content (AvgIpc) is 2.26. The Morgan fingerprint density at radius 1 is 1.31 bits per heavy atom. The van der Waals surface area contributed by atoms with Gasteiger partial charge in [0.15, 0.2) is 16.4 Å². The van der Waals surface area contributed by atoms with Gasteiger partial charge in [0.05, 0.1) is 7.11 Å². The highest BCUT2D eigenvalue weighted by molar-refractivity contribution is 8.14. The third-order valence-electron chi connectivity index (χ3n) is 2.09. The van der Waals surface area contributed by atoms with Crippen LogP contribution in [0.1, 0.15) is 0 Å². The summed E-state index contributed by atoms with van der Waals surface area (Å²) in [7, 11) is 2.75. The summed E-state index contributed by atoms with van der Waals surface area (Å²) < 4.78 is 38.3. The van der Waals surface area contributed by atoms with Crippen LogP contribution in [0.3, 0.4) is 0 Å². The van der Waals surface area contributed by atoms with Crippen molar-refractivity contribution in [2.45, 2.75) is 4.90 Å². The summed E-state index contributed by atoms with van der Waals surface area (Å²) in [5.41, 5.74) is 0. The quantitative estimate of drug-likeness (QED) is 0.756. The minimum atomic E-state index is -3.94. The number of hydrogen-bond acceptors (Lipinski definition) is 5. The van der Waals surface area contributed by atoms with Crippen LogP contribution in [0.5, 0.6) is 17.2 Å². The zero-order chi connectivity index (χ0) is 11.8. The Kier molecular flexibility index (Phi) is 2.86. The fraction of sp³-hybridized carbons (Fsp3) is 0.333. The van der Waals surface area contributed by atoms with E-state index < -0.39 is 9.05 Å². The maximum Gasteiger partial charge on any atom is 0.268 e. The van der Waals surface area contributed by atoms with Crippen molar-refractivity contribution < 1.29 is 22.6 Å². The molecule has 88 valence electrons. The molecule has 5 nitrogen and oxygen atoms in total. The molecular weight excluding hydrogens is 256 g/mol. The van der Waals surface area contributed by atoms with E-state index in [0.29, 0.717) is 12.4 Å². The molecule has 0 aliphatic carbocycles. The normalized spacial score (nSPS) is 14.6. The summed E-state index contributed by atoms with van der Waals surface area (Å²) in [6, 6.07) is 3.06. The molecule has 0 bridgehead atoms. The Morgan fingerprint density at radius 2 is 2.00 bits per heavy atom. The molecule has 0 saturated heterocycles. The number of halogens is 1. The van der Waals surface area contributed by atoms with E-state index in [-0.39, 0.29) is 23.0 Å². The van der Waals surface area contributed by atoms with Crippen molar-refractivity contribution in [2.24, 2.45) is 0 Å². The van der Waals surface area contributed by atoms with Gasteiger partial charge in [-0.1, -0.05) is 0 Å². The summed E-state index contributed by atoms with van der Waals surface area (Å²) >= 11 is 0. The Hall–Kier alpha value is -1.14. The van der Waals surface area contributed by atoms with Crippen molar-refractivity contribution in [1.29, 1.82) is 0 Å². The summed E-state index contributed by atoms with van der Waals surface area (Å²) in [6.07, 6.45) is 0. The average molecular weight is 265 g/mol. The first-order valence-electron chi connectivity index (χ1n) is 4.45. The van der Waals surface area contributed by atoms with Crippen LogP contribution >= 0.6 is 10.7 Å². The highest BCUT2D eigenvalue weighted by Crippen LogP contribution is 2.43. The molecule has 0 amide bonds. The first kappa shape index (κ1) is 11.3. The van der Waals surface area contributed by atoms with Gasteiger partial charge >= 0.3 is 0 Å². The van der Waals surface area contributed by atoms with Crippen molar-refractivity contribution in [3.8, 4) is 17.2 Å². The van der Waals surface area contributed by atoms with E-state index in [2.05, 4.69) is 0 Å². The second kappa shape index (κ2) is 4.03. The number of benzene rings is 1. The number of rotatable bonds is 2. The van der Waals surface area contributed by atoms with E-state index in [1.54, 1.807) is 6.07 Å². The molecule has 1 aromatic carbocycles. The molecule has 0 aromatic heterocycles. The van der Waals surface area contributed by atoms with Crippen LogP contribution < -0.4 is 14.2 Å². The molecule has 16 heavy (non-hydrogen) atoms. The lowest BCUT2D eigenvalue weighted by Crippen LogP contribution is -2.17. The monoisotopic (exact) mass is 264 g/mol. The predicted molar refractivity (Wildman–Crippen MR) is 57.0 cm³/mol. The molecule has 1 aliphatic rings. The van der Waals surface area contributed by atoms with Gasteiger partial charge in [0.2, 0.25) is 0 Å². The molecule has 2 rings (SSSR count). The van der Waals surface area contributed by atoms with Gasteiger partial charge in [0.1, 0.15) is 19.0 Å². The fourth-order valence-electron chi connectivity index (χ4n) is 1.46. The number of hydrogen-bond donors (Lipinski definition) is 0. The minimum Gasteiger partial charge on any atom is -0.495 e. The molecule has 1 aliphatic heterocycles. The van der Waals surface area contributed by atoms with E-state index in [0.717, 1.165) is 0 Å². The molecule has 0 N–H and O–H groups in total. The lowest BCUT2D eigenvalue weighted by molar-refractivity contribution is 0.165. The predicted octanol–water partition coefficient (Wildman–Crippen LogP) is 1.39. The van der Waals surface area contributed by atoms with E-state index in [4.69, 9.17) is 24.9 Å². The Labute approximate surface area is 97.3 Å². The van der Waals surface area contributed by atoms with Crippen LogP contribution in [0.4, 0.5) is 0 Å². The second-order valence-corrected chi connectivity index (χ2v) is 5.56. The zero-order valence-electron chi connectivity index (χ0n) is 8.40. The third-order valence-corrected chi connectivity index (χ3v) is 3.43. The van der Waals surface area contributed by atoms with Crippen molar-refractivity contribution in [3.05, 3.63) is 12.1 Å². The van der Waals surface area contributed by atoms with Gasteiger partial charge in [0, 0.05) is 10.7 Å². The van der Waals surface area contributed by atoms with Crippen LogP contribution in [0.2, 0.25) is 0 Å². The van der Waals surface area contributed by atoms with E-state index in [1.807, 2.05) is 0 Å². The maximum atomic E-state index is 11.4.